The van der Waals surface area contributed by atoms with Gasteiger partial charge in [0.2, 0.25) is 11.8 Å². The Balaban J connectivity index is 2.04. The summed E-state index contributed by atoms with van der Waals surface area (Å²) in [6, 6.07) is -0.287. The van der Waals surface area contributed by atoms with E-state index in [9.17, 15) is 14.7 Å². The van der Waals surface area contributed by atoms with Crippen LogP contribution in [0, 0.1) is 0 Å². The molecule has 1 aliphatic heterocycles. The van der Waals surface area contributed by atoms with Crippen molar-refractivity contribution in [3.05, 3.63) is 0 Å². The number of amides is 2. The van der Waals surface area contributed by atoms with Crippen molar-refractivity contribution in [3.8, 4) is 0 Å². The Morgan fingerprint density at radius 3 is 2.03 bits per heavy atom. The molecule has 0 aromatic heterocycles. The third-order valence-corrected chi connectivity index (χ3v) is 7.60. The largest absolute Gasteiger partial charge is 0.394 e. The van der Waals surface area contributed by atoms with Crippen molar-refractivity contribution in [3.63, 3.8) is 0 Å². The van der Waals surface area contributed by atoms with E-state index < -0.39 is 0 Å². The number of nitrogens with one attached hydrogen (secondary N) is 1. The van der Waals surface area contributed by atoms with Gasteiger partial charge < -0.3 is 24.9 Å². The van der Waals surface area contributed by atoms with Gasteiger partial charge in [0.05, 0.1) is 31.4 Å². The lowest BCUT2D eigenvalue weighted by Gasteiger charge is -2.23. The fourth-order valence-electron chi connectivity index (χ4n) is 5.24. The summed E-state index contributed by atoms with van der Waals surface area (Å²) >= 11 is 0. The van der Waals surface area contributed by atoms with Crippen molar-refractivity contribution in [2.75, 3.05) is 26.9 Å². The Hall–Kier alpha value is -1.22. The first-order valence-corrected chi connectivity index (χ1v) is 15.1. The van der Waals surface area contributed by atoms with Gasteiger partial charge in [-0.25, -0.2) is 5.90 Å². The monoisotopic (exact) mass is 527 g/mol. The smallest absolute Gasteiger partial charge is 0.222 e. The van der Waals surface area contributed by atoms with Crippen LogP contribution in [-0.2, 0) is 19.2 Å². The van der Waals surface area contributed by atoms with E-state index in [-0.39, 0.29) is 36.6 Å². The van der Waals surface area contributed by atoms with E-state index in [1.54, 1.807) is 7.11 Å². The van der Waals surface area contributed by atoms with Gasteiger partial charge in [0.25, 0.3) is 0 Å². The molecule has 1 heterocycles. The molecule has 1 aliphatic rings. The number of carbonyl (C=O) groups is 2. The maximum Gasteiger partial charge on any atom is 0.222 e. The lowest BCUT2D eigenvalue weighted by Crippen LogP contribution is -2.39. The minimum absolute atomic E-state index is 0.0190. The molecule has 8 nitrogen and oxygen atoms in total. The molecule has 8 heteroatoms. The number of aliphatic hydroxyl groups excluding tert-OH is 1. The van der Waals surface area contributed by atoms with Crippen LogP contribution in [0.4, 0.5) is 0 Å². The first kappa shape index (κ1) is 33.8. The number of unbranched alkanes of at least 4 members (excludes halogenated alkanes) is 13. The number of rotatable bonds is 24. The molecule has 0 saturated carbocycles. The molecular weight excluding hydrogens is 470 g/mol. The van der Waals surface area contributed by atoms with Gasteiger partial charge in [0.15, 0.2) is 0 Å². The Morgan fingerprint density at radius 2 is 1.49 bits per heavy atom. The van der Waals surface area contributed by atoms with Crippen LogP contribution in [0.25, 0.3) is 0 Å². The molecule has 0 aromatic carbocycles. The second-order valence-electron chi connectivity index (χ2n) is 10.8. The molecule has 2 amide bonds. The van der Waals surface area contributed by atoms with E-state index >= 15 is 0 Å². The molecule has 1 unspecified atom stereocenters. The van der Waals surface area contributed by atoms with Crippen molar-refractivity contribution in [1.29, 1.82) is 0 Å². The summed E-state index contributed by atoms with van der Waals surface area (Å²) in [5, 5.41) is 12.6. The van der Waals surface area contributed by atoms with E-state index in [2.05, 4.69) is 12.2 Å². The highest BCUT2D eigenvalue weighted by atomic mass is 16.6. The van der Waals surface area contributed by atoms with E-state index in [0.29, 0.717) is 38.8 Å². The number of likely N-dealkylation sites (tertiary alicyclic amines) is 1. The molecule has 37 heavy (non-hydrogen) atoms. The lowest BCUT2D eigenvalue weighted by molar-refractivity contribution is -0.133. The summed E-state index contributed by atoms with van der Waals surface area (Å²) in [6.45, 7) is 3.06. The van der Waals surface area contributed by atoms with Crippen molar-refractivity contribution >= 4 is 11.8 Å². The number of carbonyl (C=O) groups excluding carboxylic acids is 2. The van der Waals surface area contributed by atoms with E-state index in [4.69, 9.17) is 15.5 Å². The predicted molar refractivity (Wildman–Crippen MR) is 149 cm³/mol. The second kappa shape index (κ2) is 22.7. The molecule has 3 atom stereocenters. The molecule has 4 N–H and O–H groups in total. The van der Waals surface area contributed by atoms with Crippen LogP contribution in [-0.4, -0.2) is 66.9 Å². The highest BCUT2D eigenvalue weighted by Gasteiger charge is 2.35. The molecule has 0 aliphatic carbocycles. The minimum Gasteiger partial charge on any atom is -0.394 e. The van der Waals surface area contributed by atoms with Crippen LogP contribution >= 0.6 is 0 Å². The van der Waals surface area contributed by atoms with Gasteiger partial charge in [-0.1, -0.05) is 90.4 Å². The number of aliphatic hydroxyl groups is 1. The van der Waals surface area contributed by atoms with Crippen LogP contribution in [0.2, 0.25) is 0 Å². The quantitative estimate of drug-likeness (QED) is 0.120. The zero-order chi connectivity index (χ0) is 27.1. The number of ether oxygens (including phenoxy) is 1. The molecule has 0 radical (unpaired) electrons. The Morgan fingerprint density at radius 1 is 0.919 bits per heavy atom. The van der Waals surface area contributed by atoms with Crippen molar-refractivity contribution < 1.29 is 24.3 Å². The first-order valence-electron chi connectivity index (χ1n) is 15.1. The van der Waals surface area contributed by atoms with Gasteiger partial charge in [0.1, 0.15) is 0 Å². The standard InChI is InChI=1S/C29H57N3O5/c1-3-4-5-6-7-8-9-10-11-12-13-14-15-19-28(34)31-25(23-33)18-16-17-20-29(35)32-22-27(36-2)21-26(32)24-37-30/h25-27,33H,3-24,30H2,1-2H3,(H,31,34)/t25?,26-,27+/m0/s1. The number of nitrogens with two attached hydrogens (primary N) is 1. The molecule has 0 spiro atoms. The topological polar surface area (TPSA) is 114 Å². The summed E-state index contributed by atoms with van der Waals surface area (Å²) in [5.41, 5.74) is 0. The molecule has 1 fully saturated rings. The molecule has 1 rings (SSSR count). The Bertz CT molecular complexity index is 578. The number of hydrogen-bond donors (Lipinski definition) is 3. The fourth-order valence-corrected chi connectivity index (χ4v) is 5.24. The van der Waals surface area contributed by atoms with Crippen molar-refractivity contribution in [1.82, 2.24) is 10.2 Å². The molecule has 1 saturated heterocycles. The number of hydrogen-bond acceptors (Lipinski definition) is 6. The fraction of sp³-hybridized carbons (Fsp3) is 0.931. The maximum atomic E-state index is 12.6. The highest BCUT2D eigenvalue weighted by molar-refractivity contribution is 5.77. The average Bonchev–Trinajstić information content (AvgIpc) is 3.31. The Kier molecular flexibility index (Phi) is 20.8. The second-order valence-corrected chi connectivity index (χ2v) is 10.8. The van der Waals surface area contributed by atoms with Crippen molar-refractivity contribution in [2.24, 2.45) is 5.90 Å². The van der Waals surface area contributed by atoms with Crippen LogP contribution in [0.15, 0.2) is 0 Å². The van der Waals surface area contributed by atoms with Gasteiger partial charge in [0, 0.05) is 26.5 Å². The normalized spacial score (nSPS) is 18.3. The van der Waals surface area contributed by atoms with E-state index in [1.165, 1.54) is 70.6 Å². The summed E-state index contributed by atoms with van der Waals surface area (Å²) in [4.78, 5) is 31.5. The summed E-state index contributed by atoms with van der Waals surface area (Å²) in [6.07, 6.45) is 20.6. The minimum atomic E-state index is -0.243. The predicted octanol–water partition coefficient (Wildman–Crippen LogP) is 5.01. The number of nitrogens with zero attached hydrogens (tertiary/aromatic N) is 1. The summed E-state index contributed by atoms with van der Waals surface area (Å²) in [7, 11) is 1.65. The third kappa shape index (κ3) is 16.4. The van der Waals surface area contributed by atoms with Gasteiger partial charge in [-0.3, -0.25) is 9.59 Å². The zero-order valence-corrected chi connectivity index (χ0v) is 23.9. The molecule has 0 bridgehead atoms. The van der Waals surface area contributed by atoms with Gasteiger partial charge in [-0.15, -0.1) is 0 Å². The van der Waals surface area contributed by atoms with E-state index in [1.807, 2.05) is 4.90 Å². The lowest BCUT2D eigenvalue weighted by atomic mass is 10.0. The zero-order valence-electron chi connectivity index (χ0n) is 23.9. The number of methoxy groups -OCH3 is 1. The first-order chi connectivity index (χ1) is 18.0. The third-order valence-electron chi connectivity index (χ3n) is 7.60. The van der Waals surface area contributed by atoms with Gasteiger partial charge in [-0.2, -0.15) is 0 Å². The highest BCUT2D eigenvalue weighted by Crippen LogP contribution is 2.22. The molecule has 0 aromatic rings. The van der Waals surface area contributed by atoms with Crippen LogP contribution in [0.1, 0.15) is 129 Å². The summed E-state index contributed by atoms with van der Waals surface area (Å²) < 4.78 is 5.40. The SMILES string of the molecule is CCCCCCCCCCCCCCCC(=O)NC(CO)CCCCC(=O)N1C[C@H](OC)C[C@H]1CON. The van der Waals surface area contributed by atoms with Gasteiger partial charge in [-0.05, 0) is 25.7 Å². The maximum absolute atomic E-state index is 12.6. The van der Waals surface area contributed by atoms with Crippen LogP contribution < -0.4 is 11.2 Å². The van der Waals surface area contributed by atoms with Gasteiger partial charge >= 0.3 is 0 Å². The van der Waals surface area contributed by atoms with Crippen molar-refractivity contribution in [2.45, 2.75) is 147 Å². The average molecular weight is 528 g/mol. The van der Waals surface area contributed by atoms with Crippen LogP contribution in [0.3, 0.4) is 0 Å². The Labute approximate surface area is 226 Å². The summed E-state index contributed by atoms with van der Waals surface area (Å²) in [5.74, 6) is 5.31. The molecule has 218 valence electrons. The molecular formula is C29H57N3O5. The van der Waals surface area contributed by atoms with E-state index in [0.717, 1.165) is 25.7 Å². The van der Waals surface area contributed by atoms with Crippen LogP contribution in [0.5, 0.6) is 0 Å².